The van der Waals surface area contributed by atoms with E-state index in [1.54, 1.807) is 6.07 Å². The number of benzene rings is 1. The van der Waals surface area contributed by atoms with E-state index < -0.39 is 5.97 Å². The molecule has 0 unspecified atom stereocenters. The Morgan fingerprint density at radius 2 is 2.00 bits per heavy atom. The summed E-state index contributed by atoms with van der Waals surface area (Å²) in [5.74, 6) is -1.52. The molecule has 3 aromatic rings. The highest BCUT2D eigenvalue weighted by Gasteiger charge is 2.22. The third-order valence-corrected chi connectivity index (χ3v) is 3.58. The van der Waals surface area contributed by atoms with Crippen molar-refractivity contribution in [3.05, 3.63) is 53.3 Å². The Morgan fingerprint density at radius 1 is 1.25 bits per heavy atom. The first-order chi connectivity index (χ1) is 9.66. The number of carboxylic acids is 1. The highest BCUT2D eigenvalue weighted by atomic mass is 32.1. The summed E-state index contributed by atoms with van der Waals surface area (Å²) in [6, 6.07) is 9.22. The van der Waals surface area contributed by atoms with Gasteiger partial charge in [-0.25, -0.2) is 13.9 Å². The quantitative estimate of drug-likeness (QED) is 0.805. The van der Waals surface area contributed by atoms with Crippen molar-refractivity contribution in [2.45, 2.75) is 0 Å². The molecular weight excluding hydrogens is 281 g/mol. The molecule has 2 aromatic heterocycles. The van der Waals surface area contributed by atoms with Crippen LogP contribution in [0.25, 0.3) is 16.3 Å². The Labute approximate surface area is 116 Å². The van der Waals surface area contributed by atoms with Crippen LogP contribution in [0.2, 0.25) is 0 Å². The van der Waals surface area contributed by atoms with E-state index in [2.05, 4.69) is 10.3 Å². The number of hydrogen-bond acceptors (Lipinski definition) is 4. The number of thiophene rings is 1. The Bertz CT molecular complexity index is 751. The molecule has 20 heavy (non-hydrogen) atoms. The van der Waals surface area contributed by atoms with Gasteiger partial charge in [-0.05, 0) is 35.7 Å². The van der Waals surface area contributed by atoms with Crippen LogP contribution in [0.15, 0.2) is 41.8 Å². The van der Waals surface area contributed by atoms with Crippen LogP contribution in [0.1, 0.15) is 10.5 Å². The maximum atomic E-state index is 13.0. The number of hydrogen-bond donors (Lipinski definition) is 1. The Balaban J connectivity index is 2.21. The molecule has 0 spiro atoms. The van der Waals surface area contributed by atoms with Crippen LogP contribution in [0.3, 0.4) is 0 Å². The largest absolute Gasteiger partial charge is 0.476 e. The molecule has 0 aliphatic rings. The van der Waals surface area contributed by atoms with E-state index in [-0.39, 0.29) is 11.5 Å². The molecule has 0 saturated heterocycles. The summed E-state index contributed by atoms with van der Waals surface area (Å²) in [6.45, 7) is 0. The number of rotatable bonds is 3. The number of aromatic nitrogens is 3. The van der Waals surface area contributed by atoms with Crippen molar-refractivity contribution in [3.63, 3.8) is 0 Å². The lowest BCUT2D eigenvalue weighted by Gasteiger charge is -2.05. The summed E-state index contributed by atoms with van der Waals surface area (Å²) in [5, 5.41) is 18.6. The summed E-state index contributed by atoms with van der Waals surface area (Å²) >= 11 is 1.39. The molecule has 5 nitrogen and oxygen atoms in total. The number of halogens is 1. The van der Waals surface area contributed by atoms with Gasteiger partial charge in [0.2, 0.25) is 0 Å². The highest BCUT2D eigenvalue weighted by molar-refractivity contribution is 7.13. The Hall–Kier alpha value is -2.54. The molecular formula is C13H8FN3O2S. The normalized spacial score (nSPS) is 10.7. The first-order valence-corrected chi connectivity index (χ1v) is 6.53. The van der Waals surface area contributed by atoms with Crippen molar-refractivity contribution in [2.75, 3.05) is 0 Å². The van der Waals surface area contributed by atoms with E-state index >= 15 is 0 Å². The molecule has 7 heteroatoms. The van der Waals surface area contributed by atoms with Gasteiger partial charge in [0, 0.05) is 0 Å². The molecule has 100 valence electrons. The van der Waals surface area contributed by atoms with Crippen molar-refractivity contribution in [1.29, 1.82) is 0 Å². The molecule has 0 saturated carbocycles. The van der Waals surface area contributed by atoms with E-state index in [1.807, 2.05) is 11.4 Å². The van der Waals surface area contributed by atoms with Gasteiger partial charge in [-0.2, -0.15) is 0 Å². The van der Waals surface area contributed by atoms with Crippen molar-refractivity contribution in [2.24, 2.45) is 0 Å². The smallest absolute Gasteiger partial charge is 0.358 e. The van der Waals surface area contributed by atoms with Crippen molar-refractivity contribution in [1.82, 2.24) is 15.0 Å². The molecule has 0 amide bonds. The van der Waals surface area contributed by atoms with Crippen LogP contribution in [0.4, 0.5) is 4.39 Å². The van der Waals surface area contributed by atoms with Gasteiger partial charge in [-0.1, -0.05) is 11.3 Å². The minimum absolute atomic E-state index is 0.128. The molecule has 0 fully saturated rings. The molecule has 0 aliphatic carbocycles. The average molecular weight is 289 g/mol. The number of carboxylic acid groups (broad SMARTS) is 1. The Kier molecular flexibility index (Phi) is 3.03. The van der Waals surface area contributed by atoms with Gasteiger partial charge in [0.25, 0.3) is 0 Å². The van der Waals surface area contributed by atoms with E-state index in [4.69, 9.17) is 0 Å². The van der Waals surface area contributed by atoms with Crippen molar-refractivity contribution < 1.29 is 14.3 Å². The third kappa shape index (κ3) is 2.08. The summed E-state index contributed by atoms with van der Waals surface area (Å²) < 4.78 is 14.4. The lowest BCUT2D eigenvalue weighted by Crippen LogP contribution is -2.02. The van der Waals surface area contributed by atoms with Gasteiger partial charge in [-0.15, -0.1) is 16.4 Å². The number of aromatic carboxylic acids is 1. The molecule has 1 aromatic carbocycles. The van der Waals surface area contributed by atoms with Crippen LogP contribution >= 0.6 is 11.3 Å². The second-order valence-electron chi connectivity index (χ2n) is 3.96. The lowest BCUT2D eigenvalue weighted by molar-refractivity contribution is 0.0691. The van der Waals surface area contributed by atoms with Gasteiger partial charge in [0.1, 0.15) is 11.5 Å². The Morgan fingerprint density at radius 3 is 2.60 bits per heavy atom. The zero-order chi connectivity index (χ0) is 14.1. The van der Waals surface area contributed by atoms with Crippen molar-refractivity contribution in [3.8, 4) is 16.3 Å². The molecule has 0 atom stereocenters. The topological polar surface area (TPSA) is 68.0 Å². The zero-order valence-electron chi connectivity index (χ0n) is 10.0. The van der Waals surface area contributed by atoms with E-state index in [9.17, 15) is 14.3 Å². The first-order valence-electron chi connectivity index (χ1n) is 5.65. The fourth-order valence-corrected chi connectivity index (χ4v) is 2.58. The summed E-state index contributed by atoms with van der Waals surface area (Å²) in [5.41, 5.74) is 0.811. The minimum Gasteiger partial charge on any atom is -0.476 e. The lowest BCUT2D eigenvalue weighted by atomic mass is 10.2. The standard InChI is InChI=1S/C13H8FN3O2S/c14-8-3-5-9(6-4-8)17-12(10-2-1-7-20-10)11(13(18)19)15-16-17/h1-7H,(H,18,19). The minimum atomic E-state index is -1.15. The third-order valence-electron chi connectivity index (χ3n) is 2.70. The second kappa shape index (κ2) is 4.86. The van der Waals surface area contributed by atoms with E-state index in [0.717, 1.165) is 4.88 Å². The fourth-order valence-electron chi connectivity index (χ4n) is 1.82. The monoisotopic (exact) mass is 289 g/mol. The maximum absolute atomic E-state index is 13.0. The average Bonchev–Trinajstić information content (AvgIpc) is 3.08. The highest BCUT2D eigenvalue weighted by Crippen LogP contribution is 2.29. The van der Waals surface area contributed by atoms with Crippen LogP contribution in [0, 0.1) is 5.82 Å². The number of nitrogens with zero attached hydrogens (tertiary/aromatic N) is 3. The van der Waals surface area contributed by atoms with Crippen LogP contribution in [-0.4, -0.2) is 26.1 Å². The van der Waals surface area contributed by atoms with Crippen LogP contribution < -0.4 is 0 Å². The summed E-state index contributed by atoms with van der Waals surface area (Å²) in [6.07, 6.45) is 0. The van der Waals surface area contributed by atoms with E-state index in [1.165, 1.54) is 40.3 Å². The predicted molar refractivity (Wildman–Crippen MR) is 71.6 cm³/mol. The van der Waals surface area contributed by atoms with Crippen LogP contribution in [-0.2, 0) is 0 Å². The molecule has 0 radical (unpaired) electrons. The summed E-state index contributed by atoms with van der Waals surface area (Å²) in [7, 11) is 0. The molecule has 0 aliphatic heterocycles. The molecule has 3 rings (SSSR count). The van der Waals surface area contributed by atoms with Gasteiger partial charge >= 0.3 is 5.97 Å². The number of carbonyl (C=O) groups is 1. The van der Waals surface area contributed by atoms with E-state index in [0.29, 0.717) is 11.4 Å². The zero-order valence-corrected chi connectivity index (χ0v) is 10.8. The van der Waals surface area contributed by atoms with Gasteiger partial charge < -0.3 is 5.11 Å². The van der Waals surface area contributed by atoms with Crippen molar-refractivity contribution >= 4 is 17.3 Å². The maximum Gasteiger partial charge on any atom is 0.358 e. The van der Waals surface area contributed by atoms with Gasteiger partial charge in [-0.3, -0.25) is 0 Å². The SMILES string of the molecule is O=C(O)c1nnn(-c2ccc(F)cc2)c1-c1cccs1. The first kappa shape index (κ1) is 12.5. The molecule has 0 bridgehead atoms. The van der Waals surface area contributed by atoms with Gasteiger partial charge in [0.15, 0.2) is 5.69 Å². The fraction of sp³-hybridized carbons (Fsp3) is 0. The van der Waals surface area contributed by atoms with Gasteiger partial charge in [0.05, 0.1) is 10.6 Å². The second-order valence-corrected chi connectivity index (χ2v) is 4.91. The summed E-state index contributed by atoms with van der Waals surface area (Å²) in [4.78, 5) is 12.0. The molecule has 2 heterocycles. The predicted octanol–water partition coefficient (Wildman–Crippen LogP) is 2.83. The molecule has 1 N–H and O–H groups in total. The van der Waals surface area contributed by atoms with Crippen LogP contribution in [0.5, 0.6) is 0 Å².